The van der Waals surface area contributed by atoms with Crippen LogP contribution in [-0.4, -0.2) is 48.0 Å². The second-order valence-electron chi connectivity index (χ2n) is 9.78. The molecule has 10 nitrogen and oxygen atoms in total. The SMILES string of the molecule is CC(C)(C)OC(=O)NCCCC(Cc1ncn2c1CCc1ccccc1-2)c1nnnn1CCC#N. The van der Waals surface area contributed by atoms with Gasteiger partial charge in [0.15, 0.2) is 5.82 Å². The summed E-state index contributed by atoms with van der Waals surface area (Å²) in [4.78, 5) is 16.8. The van der Waals surface area contributed by atoms with Crippen LogP contribution >= 0.6 is 0 Å². The molecule has 0 bridgehead atoms. The van der Waals surface area contributed by atoms with Crippen molar-refractivity contribution in [1.82, 2.24) is 35.1 Å². The van der Waals surface area contributed by atoms with E-state index < -0.39 is 11.7 Å². The zero-order chi connectivity index (χ0) is 24.8. The van der Waals surface area contributed by atoms with Gasteiger partial charge >= 0.3 is 6.09 Å². The van der Waals surface area contributed by atoms with E-state index in [0.29, 0.717) is 25.9 Å². The maximum Gasteiger partial charge on any atom is 0.407 e. The van der Waals surface area contributed by atoms with Crippen molar-refractivity contribution in [2.45, 2.75) is 77.4 Å². The number of aryl methyl sites for hydroxylation is 2. The Labute approximate surface area is 205 Å². The Kier molecular flexibility index (Phi) is 7.44. The van der Waals surface area contributed by atoms with Crippen molar-refractivity contribution in [3.05, 3.63) is 53.4 Å². The summed E-state index contributed by atoms with van der Waals surface area (Å²) in [5.74, 6) is 0.747. The fourth-order valence-electron chi connectivity index (χ4n) is 4.49. The molecule has 0 spiro atoms. The van der Waals surface area contributed by atoms with Gasteiger partial charge in [0.05, 0.1) is 31.1 Å². The molecule has 1 aliphatic rings. The van der Waals surface area contributed by atoms with Crippen LogP contribution in [-0.2, 0) is 30.5 Å². The van der Waals surface area contributed by atoms with Gasteiger partial charge < -0.3 is 14.6 Å². The van der Waals surface area contributed by atoms with Crippen molar-refractivity contribution in [2.75, 3.05) is 6.54 Å². The number of carbonyl (C=O) groups excluding carboxylic acids is 1. The van der Waals surface area contributed by atoms with Crippen molar-refractivity contribution in [3.8, 4) is 11.8 Å². The zero-order valence-corrected chi connectivity index (χ0v) is 20.6. The molecule has 1 atom stereocenters. The molecule has 0 saturated heterocycles. The van der Waals surface area contributed by atoms with Gasteiger partial charge in [0.2, 0.25) is 0 Å². The Morgan fingerprint density at radius 3 is 2.91 bits per heavy atom. The summed E-state index contributed by atoms with van der Waals surface area (Å²) >= 11 is 0. The Hall–Kier alpha value is -3.74. The number of ether oxygens (including phenoxy) is 1. The van der Waals surface area contributed by atoms with E-state index in [1.165, 1.54) is 16.9 Å². The molecule has 0 aliphatic carbocycles. The van der Waals surface area contributed by atoms with Crippen molar-refractivity contribution in [3.63, 3.8) is 0 Å². The molecule has 1 unspecified atom stereocenters. The van der Waals surface area contributed by atoms with Crippen molar-refractivity contribution >= 4 is 6.09 Å². The van der Waals surface area contributed by atoms with Crippen LogP contribution in [0.2, 0.25) is 0 Å². The third kappa shape index (κ3) is 6.04. The van der Waals surface area contributed by atoms with Gasteiger partial charge in [0, 0.05) is 30.3 Å². The molecule has 3 heterocycles. The molecule has 10 heteroatoms. The zero-order valence-electron chi connectivity index (χ0n) is 20.6. The minimum Gasteiger partial charge on any atom is -0.444 e. The fourth-order valence-corrected chi connectivity index (χ4v) is 4.49. The smallest absolute Gasteiger partial charge is 0.407 e. The van der Waals surface area contributed by atoms with Gasteiger partial charge in [-0.25, -0.2) is 14.5 Å². The Morgan fingerprint density at radius 2 is 2.11 bits per heavy atom. The Bertz CT molecular complexity index is 1200. The maximum atomic E-state index is 12.0. The maximum absolute atomic E-state index is 12.0. The number of fused-ring (bicyclic) bond motifs is 3. The summed E-state index contributed by atoms with van der Waals surface area (Å²) in [5, 5.41) is 24.1. The molecule has 0 fully saturated rings. The number of hydrogen-bond acceptors (Lipinski definition) is 7. The highest BCUT2D eigenvalue weighted by Crippen LogP contribution is 2.30. The first-order chi connectivity index (χ1) is 16.9. The predicted octanol–water partition coefficient (Wildman–Crippen LogP) is 3.50. The van der Waals surface area contributed by atoms with Crippen LogP contribution in [0.5, 0.6) is 0 Å². The van der Waals surface area contributed by atoms with E-state index in [1.807, 2.05) is 27.1 Å². The molecule has 1 aliphatic heterocycles. The van der Waals surface area contributed by atoms with Crippen molar-refractivity contribution < 1.29 is 9.53 Å². The lowest BCUT2D eigenvalue weighted by Gasteiger charge is -2.21. The minimum absolute atomic E-state index is 0.000833. The standard InChI is InChI=1S/C25H32N8O2/c1-25(2,3)35-24(34)27-14-6-9-19(23-29-30-31-33(23)15-7-13-26)16-20-22-12-11-18-8-4-5-10-21(18)32(22)17-28-20/h4-5,8,10,17,19H,6-7,9,11-12,14-16H2,1-3H3,(H,27,34). The predicted molar refractivity (Wildman–Crippen MR) is 129 cm³/mol. The van der Waals surface area contributed by atoms with E-state index in [0.717, 1.165) is 37.2 Å². The third-order valence-electron chi connectivity index (χ3n) is 6.03. The van der Waals surface area contributed by atoms with Gasteiger partial charge in [-0.2, -0.15) is 5.26 Å². The average Bonchev–Trinajstić information content (AvgIpc) is 3.45. The molecule has 35 heavy (non-hydrogen) atoms. The van der Waals surface area contributed by atoms with Gasteiger partial charge in [0.1, 0.15) is 5.60 Å². The first-order valence-electron chi connectivity index (χ1n) is 12.1. The van der Waals surface area contributed by atoms with Crippen LogP contribution < -0.4 is 5.32 Å². The van der Waals surface area contributed by atoms with Gasteiger partial charge in [-0.1, -0.05) is 18.2 Å². The highest BCUT2D eigenvalue weighted by molar-refractivity contribution is 5.67. The van der Waals surface area contributed by atoms with Crippen LogP contribution in [0.3, 0.4) is 0 Å². The van der Waals surface area contributed by atoms with E-state index in [2.05, 4.69) is 55.7 Å². The van der Waals surface area contributed by atoms with Crippen LogP contribution in [0.15, 0.2) is 30.6 Å². The summed E-state index contributed by atoms with van der Waals surface area (Å²) in [6, 6.07) is 10.6. The van der Waals surface area contributed by atoms with Crippen molar-refractivity contribution in [2.24, 2.45) is 0 Å². The lowest BCUT2D eigenvalue weighted by Crippen LogP contribution is -2.33. The number of amides is 1. The van der Waals surface area contributed by atoms with E-state index in [4.69, 9.17) is 15.0 Å². The number of nitriles is 1. The number of aromatic nitrogens is 6. The van der Waals surface area contributed by atoms with E-state index in [-0.39, 0.29) is 5.92 Å². The molecule has 1 amide bonds. The molecule has 1 aromatic carbocycles. The quantitative estimate of drug-likeness (QED) is 0.469. The van der Waals surface area contributed by atoms with Crippen LogP contribution in [0.1, 0.15) is 68.7 Å². The van der Waals surface area contributed by atoms with Gasteiger partial charge in [0.25, 0.3) is 0 Å². The highest BCUT2D eigenvalue weighted by atomic mass is 16.6. The molecule has 1 N–H and O–H groups in total. The number of nitrogens with zero attached hydrogens (tertiary/aromatic N) is 7. The second-order valence-corrected chi connectivity index (χ2v) is 9.78. The first-order valence-corrected chi connectivity index (χ1v) is 12.1. The van der Waals surface area contributed by atoms with Crippen LogP contribution in [0.4, 0.5) is 4.79 Å². The number of benzene rings is 1. The Morgan fingerprint density at radius 1 is 1.29 bits per heavy atom. The van der Waals surface area contributed by atoms with E-state index in [1.54, 1.807) is 4.68 Å². The highest BCUT2D eigenvalue weighted by Gasteiger charge is 2.25. The van der Waals surface area contributed by atoms with E-state index in [9.17, 15) is 4.79 Å². The minimum atomic E-state index is -0.533. The molecule has 0 radical (unpaired) electrons. The van der Waals surface area contributed by atoms with Gasteiger partial charge in [-0.3, -0.25) is 0 Å². The van der Waals surface area contributed by atoms with Crippen molar-refractivity contribution in [1.29, 1.82) is 5.26 Å². The Balaban J connectivity index is 1.49. The lowest BCUT2D eigenvalue weighted by molar-refractivity contribution is 0.0526. The molecule has 0 saturated carbocycles. The molecule has 2 aromatic heterocycles. The number of hydrogen-bond donors (Lipinski definition) is 1. The third-order valence-corrected chi connectivity index (χ3v) is 6.03. The number of nitrogens with one attached hydrogen (secondary N) is 1. The summed E-state index contributed by atoms with van der Waals surface area (Å²) in [6.45, 7) is 6.45. The van der Waals surface area contributed by atoms with Gasteiger partial charge in [-0.15, -0.1) is 5.10 Å². The average molecular weight is 477 g/mol. The monoisotopic (exact) mass is 476 g/mol. The number of tetrazole rings is 1. The molecule has 184 valence electrons. The lowest BCUT2D eigenvalue weighted by atomic mass is 9.93. The fraction of sp³-hybridized carbons (Fsp3) is 0.520. The largest absolute Gasteiger partial charge is 0.444 e. The molecular formula is C25H32N8O2. The summed E-state index contributed by atoms with van der Waals surface area (Å²) in [5.41, 5.74) is 4.24. The number of carbonyl (C=O) groups is 1. The van der Waals surface area contributed by atoms with Crippen LogP contribution in [0, 0.1) is 11.3 Å². The second kappa shape index (κ2) is 10.7. The molecule has 3 aromatic rings. The number of alkyl carbamates (subject to hydrolysis) is 1. The molecular weight excluding hydrogens is 444 g/mol. The molecule has 4 rings (SSSR count). The number of para-hydroxylation sites is 1. The first kappa shape index (κ1) is 24.4. The summed E-state index contributed by atoms with van der Waals surface area (Å²) in [6.07, 6.45) is 5.90. The van der Waals surface area contributed by atoms with E-state index >= 15 is 0 Å². The topological polar surface area (TPSA) is 124 Å². The van der Waals surface area contributed by atoms with Gasteiger partial charge in [-0.05, 0) is 68.5 Å². The number of imidazole rings is 1. The number of rotatable bonds is 9. The van der Waals surface area contributed by atoms with Crippen LogP contribution in [0.25, 0.3) is 5.69 Å². The summed E-state index contributed by atoms with van der Waals surface area (Å²) < 4.78 is 9.23. The summed E-state index contributed by atoms with van der Waals surface area (Å²) in [7, 11) is 0. The normalized spacial score (nSPS) is 13.4.